The maximum atomic E-state index is 12.2. The van der Waals surface area contributed by atoms with Crippen molar-refractivity contribution in [3.8, 4) is 5.69 Å². The molecule has 124 valence electrons. The Morgan fingerprint density at radius 1 is 1.39 bits per heavy atom. The minimum atomic E-state index is -0.0612. The number of nitrogens with one attached hydrogen (secondary N) is 2. The summed E-state index contributed by atoms with van der Waals surface area (Å²) in [6.07, 6.45) is 5.72. The summed E-state index contributed by atoms with van der Waals surface area (Å²) in [6, 6.07) is 7.80. The molecule has 0 radical (unpaired) electrons. The van der Waals surface area contributed by atoms with Gasteiger partial charge in [-0.15, -0.1) is 12.4 Å². The molecule has 0 aliphatic carbocycles. The van der Waals surface area contributed by atoms with Crippen LogP contribution in [0.5, 0.6) is 0 Å². The number of hydrogen-bond acceptors (Lipinski definition) is 3. The zero-order valence-electron chi connectivity index (χ0n) is 12.7. The van der Waals surface area contributed by atoms with Crippen LogP contribution in [0.4, 0.5) is 0 Å². The topological polar surface area (TPSA) is 59.0 Å². The first-order chi connectivity index (χ1) is 10.7. The molecular formula is C16H20BrClN4O. The molecule has 2 heterocycles. The number of hydrogen-bond donors (Lipinski definition) is 2. The Morgan fingerprint density at radius 3 is 2.87 bits per heavy atom. The Labute approximate surface area is 150 Å². The fourth-order valence-electron chi connectivity index (χ4n) is 2.61. The van der Waals surface area contributed by atoms with E-state index < -0.39 is 0 Å². The molecule has 1 aliphatic rings. The first-order valence-electron chi connectivity index (χ1n) is 7.52. The van der Waals surface area contributed by atoms with Crippen LogP contribution >= 0.6 is 28.3 Å². The average Bonchev–Trinajstić information content (AvgIpc) is 3.04. The molecule has 1 aromatic heterocycles. The predicted octanol–water partition coefficient (Wildman–Crippen LogP) is 2.79. The van der Waals surface area contributed by atoms with Crippen LogP contribution in [0, 0.1) is 5.92 Å². The van der Waals surface area contributed by atoms with Gasteiger partial charge in [-0.2, -0.15) is 5.10 Å². The number of halogens is 2. The van der Waals surface area contributed by atoms with Gasteiger partial charge in [-0.1, -0.05) is 15.9 Å². The molecule has 1 aliphatic heterocycles. The predicted molar refractivity (Wildman–Crippen MR) is 96.4 cm³/mol. The Bertz CT molecular complexity index is 638. The van der Waals surface area contributed by atoms with E-state index in [9.17, 15) is 4.79 Å². The second kappa shape index (κ2) is 8.47. The molecule has 1 aromatic carbocycles. The molecule has 2 aromatic rings. The Morgan fingerprint density at radius 2 is 2.17 bits per heavy atom. The van der Waals surface area contributed by atoms with Crippen LogP contribution in [0.1, 0.15) is 23.2 Å². The van der Waals surface area contributed by atoms with Gasteiger partial charge < -0.3 is 10.6 Å². The fraction of sp³-hybridized carbons (Fsp3) is 0.375. The number of benzene rings is 1. The van der Waals surface area contributed by atoms with Crippen molar-refractivity contribution in [2.45, 2.75) is 12.8 Å². The lowest BCUT2D eigenvalue weighted by Gasteiger charge is -2.22. The van der Waals surface area contributed by atoms with E-state index in [0.29, 0.717) is 11.5 Å². The van der Waals surface area contributed by atoms with Crippen molar-refractivity contribution in [1.82, 2.24) is 20.4 Å². The van der Waals surface area contributed by atoms with E-state index >= 15 is 0 Å². The van der Waals surface area contributed by atoms with Gasteiger partial charge in [0, 0.05) is 17.2 Å². The van der Waals surface area contributed by atoms with Crippen molar-refractivity contribution in [1.29, 1.82) is 0 Å². The van der Waals surface area contributed by atoms with Gasteiger partial charge >= 0.3 is 0 Å². The molecule has 5 nitrogen and oxygen atoms in total. The first-order valence-corrected chi connectivity index (χ1v) is 8.31. The summed E-state index contributed by atoms with van der Waals surface area (Å²) in [6.45, 7) is 2.79. The van der Waals surface area contributed by atoms with Gasteiger partial charge in [-0.3, -0.25) is 4.79 Å². The van der Waals surface area contributed by atoms with Gasteiger partial charge in [0.1, 0.15) is 0 Å². The summed E-state index contributed by atoms with van der Waals surface area (Å²) < 4.78 is 2.73. The van der Waals surface area contributed by atoms with E-state index in [2.05, 4.69) is 31.7 Å². The summed E-state index contributed by atoms with van der Waals surface area (Å²) in [4.78, 5) is 12.2. The first kappa shape index (κ1) is 18.0. The summed E-state index contributed by atoms with van der Waals surface area (Å²) in [5, 5.41) is 10.6. The second-order valence-corrected chi connectivity index (χ2v) is 6.49. The third-order valence-corrected chi connectivity index (χ3v) is 4.41. The minimum absolute atomic E-state index is 0. The number of piperidine rings is 1. The third-order valence-electron chi connectivity index (χ3n) is 3.89. The van der Waals surface area contributed by atoms with Crippen LogP contribution < -0.4 is 10.6 Å². The highest BCUT2D eigenvalue weighted by Gasteiger charge is 2.15. The Kier molecular flexibility index (Phi) is 6.62. The molecule has 1 unspecified atom stereocenters. The summed E-state index contributed by atoms with van der Waals surface area (Å²) >= 11 is 3.41. The number of carbonyl (C=O) groups excluding carboxylic acids is 1. The normalized spacial score (nSPS) is 17.3. The molecule has 1 saturated heterocycles. The number of rotatable bonds is 4. The molecule has 3 rings (SSSR count). The highest BCUT2D eigenvalue weighted by molar-refractivity contribution is 9.10. The molecule has 0 bridgehead atoms. The van der Waals surface area contributed by atoms with Crippen LogP contribution in [0.2, 0.25) is 0 Å². The van der Waals surface area contributed by atoms with Crippen molar-refractivity contribution in [2.75, 3.05) is 19.6 Å². The van der Waals surface area contributed by atoms with E-state index in [1.54, 1.807) is 17.1 Å². The maximum absolute atomic E-state index is 12.2. The lowest BCUT2D eigenvalue weighted by atomic mass is 10.00. The van der Waals surface area contributed by atoms with Crippen molar-refractivity contribution in [3.05, 3.63) is 46.7 Å². The van der Waals surface area contributed by atoms with Crippen LogP contribution in [0.15, 0.2) is 41.1 Å². The molecule has 7 heteroatoms. The molecule has 1 fully saturated rings. The maximum Gasteiger partial charge on any atom is 0.254 e. The molecule has 1 amide bonds. The van der Waals surface area contributed by atoms with Crippen LogP contribution in [-0.2, 0) is 0 Å². The standard InChI is InChI=1S/C16H19BrN4O.ClH/c17-14-3-5-15(6-4-14)21-11-13(10-20-21)16(22)19-9-12-2-1-7-18-8-12;/h3-6,10-12,18H,1-2,7-9H2,(H,19,22);1H. The van der Waals surface area contributed by atoms with Crippen molar-refractivity contribution in [3.63, 3.8) is 0 Å². The van der Waals surface area contributed by atoms with E-state index in [1.807, 2.05) is 24.3 Å². The lowest BCUT2D eigenvalue weighted by molar-refractivity contribution is 0.0945. The van der Waals surface area contributed by atoms with Gasteiger partial charge in [0.25, 0.3) is 5.91 Å². The molecule has 0 spiro atoms. The zero-order valence-corrected chi connectivity index (χ0v) is 15.1. The quantitative estimate of drug-likeness (QED) is 0.831. The van der Waals surface area contributed by atoms with Gasteiger partial charge in [-0.05, 0) is 56.1 Å². The molecule has 23 heavy (non-hydrogen) atoms. The number of nitrogens with zero attached hydrogens (tertiary/aromatic N) is 2. The fourth-order valence-corrected chi connectivity index (χ4v) is 2.88. The third kappa shape index (κ3) is 4.80. The van der Waals surface area contributed by atoms with E-state index in [-0.39, 0.29) is 18.3 Å². The highest BCUT2D eigenvalue weighted by atomic mass is 79.9. The van der Waals surface area contributed by atoms with Crippen LogP contribution in [-0.4, -0.2) is 35.3 Å². The molecular weight excluding hydrogens is 380 g/mol. The molecule has 2 N–H and O–H groups in total. The van der Waals surface area contributed by atoms with E-state index in [0.717, 1.165) is 29.8 Å². The van der Waals surface area contributed by atoms with Gasteiger partial charge in [0.15, 0.2) is 0 Å². The largest absolute Gasteiger partial charge is 0.352 e. The SMILES string of the molecule is Cl.O=C(NCC1CCCNC1)c1cnn(-c2ccc(Br)cc2)c1. The van der Waals surface area contributed by atoms with Crippen molar-refractivity contribution in [2.24, 2.45) is 5.92 Å². The summed E-state index contributed by atoms with van der Waals surface area (Å²) in [7, 11) is 0. The highest BCUT2D eigenvalue weighted by Crippen LogP contribution is 2.14. The number of amides is 1. The van der Waals surface area contributed by atoms with Gasteiger partial charge in [0.05, 0.1) is 17.4 Å². The zero-order chi connectivity index (χ0) is 15.4. The number of aromatic nitrogens is 2. The van der Waals surface area contributed by atoms with Crippen LogP contribution in [0.3, 0.4) is 0 Å². The van der Waals surface area contributed by atoms with Gasteiger partial charge in [0.2, 0.25) is 0 Å². The Hall–Kier alpha value is -1.37. The smallest absolute Gasteiger partial charge is 0.254 e. The summed E-state index contributed by atoms with van der Waals surface area (Å²) in [5.74, 6) is 0.466. The van der Waals surface area contributed by atoms with Crippen molar-refractivity contribution < 1.29 is 4.79 Å². The average molecular weight is 400 g/mol. The lowest BCUT2D eigenvalue weighted by Crippen LogP contribution is -2.38. The van der Waals surface area contributed by atoms with Crippen LogP contribution in [0.25, 0.3) is 5.69 Å². The Balaban J connectivity index is 0.00000192. The summed E-state index contributed by atoms with van der Waals surface area (Å²) in [5.41, 5.74) is 1.52. The molecule has 1 atom stereocenters. The monoisotopic (exact) mass is 398 g/mol. The second-order valence-electron chi connectivity index (χ2n) is 5.57. The van der Waals surface area contributed by atoms with E-state index in [4.69, 9.17) is 0 Å². The van der Waals surface area contributed by atoms with Crippen molar-refractivity contribution >= 4 is 34.2 Å². The minimum Gasteiger partial charge on any atom is -0.352 e. The number of carbonyl (C=O) groups is 1. The molecule has 0 saturated carbocycles. The van der Waals surface area contributed by atoms with Gasteiger partial charge in [-0.25, -0.2) is 4.68 Å². The van der Waals surface area contributed by atoms with E-state index in [1.165, 1.54) is 12.8 Å².